The van der Waals surface area contributed by atoms with Crippen LogP contribution in [0.4, 0.5) is 0 Å². The van der Waals surface area contributed by atoms with Crippen molar-refractivity contribution in [3.8, 4) is 0 Å². The number of nitrogens with one attached hydrogen (secondary N) is 2. The van der Waals surface area contributed by atoms with Crippen LogP contribution in [-0.4, -0.2) is 47.8 Å². The topological polar surface area (TPSA) is 61.4 Å². The molecule has 1 aliphatic rings. The highest BCUT2D eigenvalue weighted by atomic mass is 32.2. The number of aliphatic hydroxyl groups excluding tert-OH is 1. The summed E-state index contributed by atoms with van der Waals surface area (Å²) in [6.07, 6.45) is 3.07. The molecule has 4 nitrogen and oxygen atoms in total. The average molecular weight is 246 g/mol. The van der Waals surface area contributed by atoms with Gasteiger partial charge in [0.1, 0.15) is 0 Å². The molecule has 0 unspecified atom stereocenters. The third-order valence-electron chi connectivity index (χ3n) is 2.81. The van der Waals surface area contributed by atoms with Crippen molar-refractivity contribution in [2.45, 2.75) is 37.5 Å². The van der Waals surface area contributed by atoms with Crippen LogP contribution in [-0.2, 0) is 4.79 Å². The fourth-order valence-corrected chi connectivity index (χ4v) is 2.74. The van der Waals surface area contributed by atoms with Gasteiger partial charge >= 0.3 is 0 Å². The highest BCUT2D eigenvalue weighted by Gasteiger charge is 2.16. The van der Waals surface area contributed by atoms with Gasteiger partial charge in [-0.1, -0.05) is 6.92 Å². The van der Waals surface area contributed by atoms with Gasteiger partial charge < -0.3 is 15.7 Å². The third-order valence-corrected chi connectivity index (χ3v) is 4.19. The van der Waals surface area contributed by atoms with Crippen LogP contribution < -0.4 is 10.6 Å². The maximum absolute atomic E-state index is 11.6. The first-order chi connectivity index (χ1) is 7.76. The van der Waals surface area contributed by atoms with Crippen molar-refractivity contribution in [1.29, 1.82) is 0 Å². The number of thioether (sulfide) groups is 1. The summed E-state index contributed by atoms with van der Waals surface area (Å²) >= 11 is 1.73. The first kappa shape index (κ1) is 13.8. The molecule has 5 heteroatoms. The average Bonchev–Trinajstić information content (AvgIpc) is 2.34. The summed E-state index contributed by atoms with van der Waals surface area (Å²) in [5.41, 5.74) is 0. The Morgan fingerprint density at radius 1 is 1.56 bits per heavy atom. The maximum Gasteiger partial charge on any atom is 0.230 e. The zero-order valence-corrected chi connectivity index (χ0v) is 10.7. The molecular weight excluding hydrogens is 224 g/mol. The normalized spacial score (nSPS) is 19.4. The minimum Gasteiger partial charge on any atom is -0.394 e. The lowest BCUT2D eigenvalue weighted by Gasteiger charge is -2.22. The van der Waals surface area contributed by atoms with Gasteiger partial charge in [-0.15, -0.1) is 11.8 Å². The Balaban J connectivity index is 2.13. The van der Waals surface area contributed by atoms with E-state index in [2.05, 4.69) is 10.6 Å². The third kappa shape index (κ3) is 5.18. The highest BCUT2D eigenvalue weighted by molar-refractivity contribution is 8.00. The van der Waals surface area contributed by atoms with Crippen molar-refractivity contribution < 1.29 is 9.90 Å². The molecule has 1 fully saturated rings. The van der Waals surface area contributed by atoms with Crippen molar-refractivity contribution in [1.82, 2.24) is 10.6 Å². The number of rotatable bonds is 6. The predicted molar refractivity (Wildman–Crippen MR) is 67.7 cm³/mol. The van der Waals surface area contributed by atoms with E-state index in [1.165, 1.54) is 0 Å². The molecule has 0 aromatic carbocycles. The van der Waals surface area contributed by atoms with E-state index in [0.717, 1.165) is 32.4 Å². The molecule has 0 saturated carbocycles. The highest BCUT2D eigenvalue weighted by Crippen LogP contribution is 2.19. The van der Waals surface area contributed by atoms with Crippen LogP contribution in [0.1, 0.15) is 26.2 Å². The molecule has 1 heterocycles. The zero-order chi connectivity index (χ0) is 11.8. The van der Waals surface area contributed by atoms with E-state index in [-0.39, 0.29) is 18.6 Å². The fourth-order valence-electron chi connectivity index (χ4n) is 1.70. The van der Waals surface area contributed by atoms with Crippen molar-refractivity contribution in [3.05, 3.63) is 0 Å². The van der Waals surface area contributed by atoms with E-state index in [0.29, 0.717) is 11.0 Å². The van der Waals surface area contributed by atoms with Crippen LogP contribution >= 0.6 is 11.8 Å². The van der Waals surface area contributed by atoms with E-state index in [1.807, 2.05) is 6.92 Å². The van der Waals surface area contributed by atoms with E-state index in [1.54, 1.807) is 11.8 Å². The Morgan fingerprint density at radius 2 is 2.25 bits per heavy atom. The Labute approximate surface area is 102 Å². The molecule has 0 radical (unpaired) electrons. The van der Waals surface area contributed by atoms with E-state index >= 15 is 0 Å². The number of piperidine rings is 1. The molecule has 0 aliphatic carbocycles. The fraction of sp³-hybridized carbons (Fsp3) is 0.909. The van der Waals surface area contributed by atoms with E-state index < -0.39 is 0 Å². The minimum absolute atomic E-state index is 0.0280. The summed E-state index contributed by atoms with van der Waals surface area (Å²) in [5, 5.41) is 15.7. The summed E-state index contributed by atoms with van der Waals surface area (Å²) in [4.78, 5) is 11.6. The summed E-state index contributed by atoms with van der Waals surface area (Å²) < 4.78 is 0. The summed E-state index contributed by atoms with van der Waals surface area (Å²) in [6.45, 7) is 4.11. The van der Waals surface area contributed by atoms with Crippen LogP contribution in [0.15, 0.2) is 0 Å². The number of hydrogen-bond donors (Lipinski definition) is 3. The molecule has 3 N–H and O–H groups in total. The van der Waals surface area contributed by atoms with Crippen LogP contribution in [0.2, 0.25) is 0 Å². The molecule has 1 aliphatic heterocycles. The van der Waals surface area contributed by atoms with Gasteiger partial charge in [-0.3, -0.25) is 4.79 Å². The van der Waals surface area contributed by atoms with Gasteiger partial charge in [0.2, 0.25) is 5.91 Å². The molecule has 1 amide bonds. The Bertz CT molecular complexity index is 204. The second kappa shape index (κ2) is 7.92. The van der Waals surface area contributed by atoms with Gasteiger partial charge in [0.05, 0.1) is 18.4 Å². The Hall–Kier alpha value is -0.260. The van der Waals surface area contributed by atoms with Gasteiger partial charge in [0.15, 0.2) is 0 Å². The maximum atomic E-state index is 11.6. The van der Waals surface area contributed by atoms with Crippen LogP contribution in [0, 0.1) is 0 Å². The molecule has 94 valence electrons. The lowest BCUT2D eigenvalue weighted by atomic mass is 10.2. The number of aliphatic hydroxyl groups is 1. The van der Waals surface area contributed by atoms with Crippen LogP contribution in [0.5, 0.6) is 0 Å². The van der Waals surface area contributed by atoms with Gasteiger partial charge in [-0.2, -0.15) is 0 Å². The number of amides is 1. The molecule has 1 atom stereocenters. The number of hydrogen-bond acceptors (Lipinski definition) is 4. The smallest absolute Gasteiger partial charge is 0.230 e. The lowest BCUT2D eigenvalue weighted by Crippen LogP contribution is -2.38. The molecule has 0 aromatic rings. The largest absolute Gasteiger partial charge is 0.394 e. The molecule has 1 saturated heterocycles. The zero-order valence-electron chi connectivity index (χ0n) is 9.87. The van der Waals surface area contributed by atoms with Crippen molar-refractivity contribution in [2.24, 2.45) is 0 Å². The minimum atomic E-state index is -0.0823. The second-order valence-corrected chi connectivity index (χ2v) is 5.40. The molecule has 16 heavy (non-hydrogen) atoms. The van der Waals surface area contributed by atoms with E-state index in [9.17, 15) is 4.79 Å². The molecule has 0 bridgehead atoms. The van der Waals surface area contributed by atoms with Crippen LogP contribution in [0.25, 0.3) is 0 Å². The van der Waals surface area contributed by atoms with E-state index in [4.69, 9.17) is 5.11 Å². The van der Waals surface area contributed by atoms with Gasteiger partial charge in [-0.05, 0) is 32.4 Å². The molecular formula is C11H22N2O2S. The summed E-state index contributed by atoms with van der Waals surface area (Å²) in [5.74, 6) is 0.561. The lowest BCUT2D eigenvalue weighted by molar-refractivity contribution is -0.119. The van der Waals surface area contributed by atoms with Crippen molar-refractivity contribution >= 4 is 17.7 Å². The molecule has 1 rings (SSSR count). The van der Waals surface area contributed by atoms with Gasteiger partial charge in [-0.25, -0.2) is 0 Å². The summed E-state index contributed by atoms with van der Waals surface area (Å²) in [6, 6.07) is -0.0823. The first-order valence-electron chi connectivity index (χ1n) is 5.98. The second-order valence-electron chi connectivity index (χ2n) is 4.12. The monoisotopic (exact) mass is 246 g/mol. The Morgan fingerprint density at radius 3 is 2.81 bits per heavy atom. The van der Waals surface area contributed by atoms with Gasteiger partial charge in [0, 0.05) is 5.25 Å². The van der Waals surface area contributed by atoms with Crippen LogP contribution in [0.3, 0.4) is 0 Å². The van der Waals surface area contributed by atoms with Crippen molar-refractivity contribution in [3.63, 3.8) is 0 Å². The first-order valence-corrected chi connectivity index (χ1v) is 7.03. The molecule has 0 spiro atoms. The van der Waals surface area contributed by atoms with Gasteiger partial charge in [0.25, 0.3) is 0 Å². The quantitative estimate of drug-likeness (QED) is 0.633. The number of carbonyl (C=O) groups is 1. The standard InChI is InChI=1S/C11H22N2O2S/c1-2-9(7-14)13-11(15)8-16-10-3-5-12-6-4-10/h9-10,12,14H,2-8H2,1H3,(H,13,15)/t9-/m1/s1. The van der Waals surface area contributed by atoms with Crippen molar-refractivity contribution in [2.75, 3.05) is 25.4 Å². The predicted octanol–water partition coefficient (Wildman–Crippen LogP) is 0.359. The Kier molecular flexibility index (Phi) is 6.84. The summed E-state index contributed by atoms with van der Waals surface area (Å²) in [7, 11) is 0. The number of carbonyl (C=O) groups excluding carboxylic acids is 1. The molecule has 0 aromatic heterocycles. The SMILES string of the molecule is CC[C@H](CO)NC(=O)CSC1CCNCC1.